The molecule has 1 rings (SSSR count). The largest absolute Gasteiger partial charge is 0.453 e. The molecule has 2 atom stereocenters. The predicted octanol–water partition coefficient (Wildman–Crippen LogP) is 1.11. The lowest BCUT2D eigenvalue weighted by molar-refractivity contribution is 0.165. The summed E-state index contributed by atoms with van der Waals surface area (Å²) in [4.78, 5) is 13.3. The van der Waals surface area contributed by atoms with Crippen molar-refractivity contribution in [2.75, 3.05) is 20.2 Å². The summed E-state index contributed by atoms with van der Waals surface area (Å²) in [5, 5.41) is 11.5. The first-order valence-corrected chi connectivity index (χ1v) is 5.66. The molecule has 16 heavy (non-hydrogen) atoms. The fourth-order valence-electron chi connectivity index (χ4n) is 2.10. The fraction of sp³-hybridized carbons (Fsp3) is 0.818. The van der Waals surface area contributed by atoms with Crippen LogP contribution in [0.3, 0.4) is 0 Å². The van der Waals surface area contributed by atoms with Crippen LogP contribution in [-0.4, -0.2) is 43.3 Å². The number of ether oxygens (including phenoxy) is 1. The molecular weight excluding hydrogens is 206 g/mol. The summed E-state index contributed by atoms with van der Waals surface area (Å²) >= 11 is 0. The minimum atomic E-state index is -0.375. The number of rotatable bonds is 4. The maximum Gasteiger partial charge on any atom is 0.407 e. The van der Waals surface area contributed by atoms with Gasteiger partial charge in [-0.15, -0.1) is 0 Å². The fourth-order valence-corrected chi connectivity index (χ4v) is 2.10. The Balaban J connectivity index is 2.39. The van der Waals surface area contributed by atoms with Gasteiger partial charge in [0.25, 0.3) is 0 Å². The van der Waals surface area contributed by atoms with Crippen LogP contribution in [-0.2, 0) is 4.74 Å². The lowest BCUT2D eigenvalue weighted by atomic mass is 10.1. The summed E-state index contributed by atoms with van der Waals surface area (Å²) < 4.78 is 4.56. The molecule has 1 saturated heterocycles. The standard InChI is InChI=1S/C11H19N3O2/c1-3-10(4-6-12)14-7-5-9(8-14)13-11(15)16-2/h9-10H,3-5,7-8H2,1-2H3,(H,13,15). The van der Waals surface area contributed by atoms with Crippen LogP contribution in [0.25, 0.3) is 0 Å². The van der Waals surface area contributed by atoms with Crippen LogP contribution >= 0.6 is 0 Å². The molecule has 0 saturated carbocycles. The maximum atomic E-state index is 11.0. The van der Waals surface area contributed by atoms with Crippen LogP contribution in [0.5, 0.6) is 0 Å². The van der Waals surface area contributed by atoms with Crippen LogP contribution in [0.4, 0.5) is 4.79 Å². The van der Waals surface area contributed by atoms with Crippen molar-refractivity contribution in [3.63, 3.8) is 0 Å². The van der Waals surface area contributed by atoms with E-state index < -0.39 is 0 Å². The van der Waals surface area contributed by atoms with Gasteiger partial charge in [0.15, 0.2) is 0 Å². The third kappa shape index (κ3) is 3.38. The summed E-state index contributed by atoms with van der Waals surface area (Å²) in [6.07, 6.45) is 2.08. The molecule has 0 bridgehead atoms. The van der Waals surface area contributed by atoms with Crippen molar-refractivity contribution in [2.24, 2.45) is 0 Å². The average molecular weight is 225 g/mol. The van der Waals surface area contributed by atoms with E-state index in [-0.39, 0.29) is 12.1 Å². The predicted molar refractivity (Wildman–Crippen MR) is 59.8 cm³/mol. The Morgan fingerprint density at radius 2 is 2.50 bits per heavy atom. The van der Waals surface area contributed by atoms with Gasteiger partial charge in [0.1, 0.15) is 0 Å². The number of nitrogens with one attached hydrogen (secondary N) is 1. The smallest absolute Gasteiger partial charge is 0.407 e. The van der Waals surface area contributed by atoms with Crippen molar-refractivity contribution in [1.29, 1.82) is 5.26 Å². The molecule has 0 spiro atoms. The summed E-state index contributed by atoms with van der Waals surface area (Å²) in [7, 11) is 1.37. The van der Waals surface area contributed by atoms with E-state index in [1.807, 2.05) is 0 Å². The third-order valence-electron chi connectivity index (χ3n) is 3.04. The highest BCUT2D eigenvalue weighted by Crippen LogP contribution is 2.16. The van der Waals surface area contributed by atoms with Crippen molar-refractivity contribution >= 4 is 6.09 Å². The maximum absolute atomic E-state index is 11.0. The topological polar surface area (TPSA) is 65.4 Å². The molecule has 1 aliphatic heterocycles. The first-order valence-electron chi connectivity index (χ1n) is 5.66. The van der Waals surface area contributed by atoms with Gasteiger partial charge in [-0.3, -0.25) is 4.90 Å². The van der Waals surface area contributed by atoms with E-state index >= 15 is 0 Å². The van der Waals surface area contributed by atoms with E-state index in [1.165, 1.54) is 7.11 Å². The van der Waals surface area contributed by atoms with Crippen LogP contribution in [0.15, 0.2) is 0 Å². The highest BCUT2D eigenvalue weighted by molar-refractivity contribution is 5.67. The molecule has 1 heterocycles. The molecule has 2 unspecified atom stereocenters. The molecule has 5 nitrogen and oxygen atoms in total. The molecule has 0 radical (unpaired) electrons. The average Bonchev–Trinajstić information content (AvgIpc) is 2.74. The first-order chi connectivity index (χ1) is 7.71. The first kappa shape index (κ1) is 12.8. The van der Waals surface area contributed by atoms with Gasteiger partial charge in [0, 0.05) is 25.2 Å². The van der Waals surface area contributed by atoms with E-state index in [0.717, 1.165) is 25.9 Å². The molecular formula is C11H19N3O2. The van der Waals surface area contributed by atoms with Crippen LogP contribution in [0.2, 0.25) is 0 Å². The molecule has 0 aromatic carbocycles. The van der Waals surface area contributed by atoms with Gasteiger partial charge in [-0.25, -0.2) is 4.79 Å². The van der Waals surface area contributed by atoms with Gasteiger partial charge < -0.3 is 10.1 Å². The van der Waals surface area contributed by atoms with E-state index in [9.17, 15) is 4.79 Å². The van der Waals surface area contributed by atoms with Gasteiger partial charge in [0.05, 0.1) is 19.6 Å². The molecule has 1 N–H and O–H groups in total. The molecule has 90 valence electrons. The van der Waals surface area contributed by atoms with E-state index in [1.54, 1.807) is 0 Å². The van der Waals surface area contributed by atoms with Crippen molar-refractivity contribution < 1.29 is 9.53 Å². The molecule has 1 amide bonds. The number of hydrogen-bond acceptors (Lipinski definition) is 4. The molecule has 0 aromatic heterocycles. The van der Waals surface area contributed by atoms with Crippen molar-refractivity contribution in [3.05, 3.63) is 0 Å². The Morgan fingerprint density at radius 3 is 3.06 bits per heavy atom. The number of hydrogen-bond donors (Lipinski definition) is 1. The third-order valence-corrected chi connectivity index (χ3v) is 3.04. The van der Waals surface area contributed by atoms with Crippen LogP contribution < -0.4 is 5.32 Å². The number of nitriles is 1. The summed E-state index contributed by atoms with van der Waals surface area (Å²) in [5.74, 6) is 0. The molecule has 0 aliphatic carbocycles. The Bertz CT molecular complexity index is 275. The van der Waals surface area contributed by atoms with Gasteiger partial charge in [-0.05, 0) is 12.8 Å². The number of methoxy groups -OCH3 is 1. The van der Waals surface area contributed by atoms with Gasteiger partial charge in [0.2, 0.25) is 0 Å². The zero-order valence-corrected chi connectivity index (χ0v) is 9.90. The van der Waals surface area contributed by atoms with E-state index in [4.69, 9.17) is 5.26 Å². The second kappa shape index (κ2) is 6.33. The van der Waals surface area contributed by atoms with Crippen molar-refractivity contribution in [2.45, 2.75) is 38.3 Å². The number of alkyl carbamates (subject to hydrolysis) is 1. The molecule has 5 heteroatoms. The Morgan fingerprint density at radius 1 is 1.75 bits per heavy atom. The number of amides is 1. The SMILES string of the molecule is CCC(CC#N)N1CCC(NC(=O)OC)C1. The van der Waals surface area contributed by atoms with Gasteiger partial charge >= 0.3 is 6.09 Å². The minimum Gasteiger partial charge on any atom is -0.453 e. The van der Waals surface area contributed by atoms with Crippen LogP contribution in [0, 0.1) is 11.3 Å². The Hall–Kier alpha value is -1.28. The quantitative estimate of drug-likeness (QED) is 0.778. The second-order valence-corrected chi connectivity index (χ2v) is 4.04. The zero-order valence-electron chi connectivity index (χ0n) is 9.90. The van der Waals surface area contributed by atoms with E-state index in [2.05, 4.69) is 27.9 Å². The minimum absolute atomic E-state index is 0.153. The van der Waals surface area contributed by atoms with Crippen molar-refractivity contribution in [1.82, 2.24) is 10.2 Å². The Kier molecular flexibility index (Phi) is 5.06. The molecule has 1 fully saturated rings. The van der Waals surface area contributed by atoms with Gasteiger partial charge in [-0.1, -0.05) is 6.92 Å². The Labute approximate surface area is 96.4 Å². The summed E-state index contributed by atoms with van der Waals surface area (Å²) in [6, 6.07) is 2.68. The number of nitrogens with zero attached hydrogens (tertiary/aromatic N) is 2. The lowest BCUT2D eigenvalue weighted by Crippen LogP contribution is -2.39. The highest BCUT2D eigenvalue weighted by atomic mass is 16.5. The number of likely N-dealkylation sites (tertiary alicyclic amines) is 1. The zero-order chi connectivity index (χ0) is 12.0. The van der Waals surface area contributed by atoms with E-state index in [0.29, 0.717) is 12.5 Å². The second-order valence-electron chi connectivity index (χ2n) is 4.04. The van der Waals surface area contributed by atoms with Crippen LogP contribution in [0.1, 0.15) is 26.2 Å². The van der Waals surface area contributed by atoms with Gasteiger partial charge in [-0.2, -0.15) is 5.26 Å². The summed E-state index contributed by atoms with van der Waals surface area (Å²) in [6.45, 7) is 3.84. The summed E-state index contributed by atoms with van der Waals surface area (Å²) in [5.41, 5.74) is 0. The number of carbonyl (C=O) groups is 1. The monoisotopic (exact) mass is 225 g/mol. The van der Waals surface area contributed by atoms with Crippen molar-refractivity contribution in [3.8, 4) is 6.07 Å². The lowest BCUT2D eigenvalue weighted by Gasteiger charge is -2.24. The molecule has 1 aliphatic rings. The normalized spacial score (nSPS) is 22.4. The highest BCUT2D eigenvalue weighted by Gasteiger charge is 2.28. The number of carbonyl (C=O) groups excluding carboxylic acids is 1. The molecule has 0 aromatic rings.